The summed E-state index contributed by atoms with van der Waals surface area (Å²) >= 11 is 0. The molecule has 1 rings (SSSR count). The van der Waals surface area contributed by atoms with Crippen molar-refractivity contribution in [2.24, 2.45) is 11.8 Å². The van der Waals surface area contributed by atoms with Crippen LogP contribution in [0.1, 0.15) is 32.3 Å². The van der Waals surface area contributed by atoms with Crippen molar-refractivity contribution in [3.63, 3.8) is 0 Å². The van der Waals surface area contributed by atoms with Gasteiger partial charge >= 0.3 is 5.97 Å². The molecule has 0 radical (unpaired) electrons. The van der Waals surface area contributed by atoms with Gasteiger partial charge in [0.05, 0.1) is 6.61 Å². The van der Waals surface area contributed by atoms with E-state index in [2.05, 4.69) is 13.8 Å². The molecule has 0 amide bonds. The summed E-state index contributed by atoms with van der Waals surface area (Å²) in [6, 6.07) is 10.00. The molecule has 1 aromatic carbocycles. The van der Waals surface area contributed by atoms with Gasteiger partial charge in [-0.15, -0.1) is 0 Å². The number of hydrogen-bond acceptors (Lipinski definition) is 2. The predicted octanol–water partition coefficient (Wildman–Crippen LogP) is 3.34. The lowest BCUT2D eigenvalue weighted by atomic mass is 9.90. The van der Waals surface area contributed by atoms with Gasteiger partial charge in [-0.05, 0) is 23.8 Å². The number of rotatable bonds is 8. The minimum absolute atomic E-state index is 0.193. The van der Waals surface area contributed by atoms with E-state index in [1.807, 2.05) is 30.3 Å². The minimum Gasteiger partial charge on any atom is -0.481 e. The summed E-state index contributed by atoms with van der Waals surface area (Å²) in [5.41, 5.74) is 1.15. The molecule has 0 bridgehead atoms. The van der Waals surface area contributed by atoms with Crippen molar-refractivity contribution in [1.82, 2.24) is 0 Å². The third-order valence-electron chi connectivity index (χ3n) is 3.12. The van der Waals surface area contributed by atoms with Crippen molar-refractivity contribution < 1.29 is 14.6 Å². The number of aliphatic carboxylic acids is 1. The van der Waals surface area contributed by atoms with Crippen LogP contribution >= 0.6 is 0 Å². The molecule has 3 nitrogen and oxygen atoms in total. The summed E-state index contributed by atoms with van der Waals surface area (Å²) < 4.78 is 5.59. The highest BCUT2D eigenvalue weighted by molar-refractivity contribution is 5.67. The Labute approximate surface area is 109 Å². The lowest BCUT2D eigenvalue weighted by Gasteiger charge is -2.18. The summed E-state index contributed by atoms with van der Waals surface area (Å²) in [7, 11) is 0. The van der Waals surface area contributed by atoms with E-state index in [4.69, 9.17) is 9.84 Å². The molecule has 0 aliphatic heterocycles. The average Bonchev–Trinajstić information content (AvgIpc) is 2.33. The van der Waals surface area contributed by atoms with Crippen LogP contribution in [0.5, 0.6) is 0 Å². The number of carboxylic acids is 1. The average molecular weight is 250 g/mol. The molecule has 100 valence electrons. The number of benzene rings is 1. The van der Waals surface area contributed by atoms with Crippen LogP contribution in [-0.2, 0) is 16.1 Å². The van der Waals surface area contributed by atoms with E-state index in [0.29, 0.717) is 19.1 Å². The van der Waals surface area contributed by atoms with Gasteiger partial charge in [0.15, 0.2) is 0 Å². The standard InChI is InChI=1S/C15H22O3/c1-12(2)14(10-15(16)17)8-9-18-11-13-6-4-3-5-7-13/h3-7,12,14H,8-11H2,1-2H3,(H,16,17)/t14-/m1/s1. The van der Waals surface area contributed by atoms with E-state index in [1.54, 1.807) is 0 Å². The number of carboxylic acid groups (broad SMARTS) is 1. The van der Waals surface area contributed by atoms with Gasteiger partial charge in [0, 0.05) is 13.0 Å². The van der Waals surface area contributed by atoms with E-state index in [9.17, 15) is 4.79 Å². The van der Waals surface area contributed by atoms with E-state index in [-0.39, 0.29) is 12.3 Å². The van der Waals surface area contributed by atoms with Gasteiger partial charge in [-0.1, -0.05) is 44.2 Å². The Morgan fingerprint density at radius 2 is 1.94 bits per heavy atom. The van der Waals surface area contributed by atoms with Crippen LogP contribution in [-0.4, -0.2) is 17.7 Å². The van der Waals surface area contributed by atoms with E-state index >= 15 is 0 Å². The quantitative estimate of drug-likeness (QED) is 0.720. The topological polar surface area (TPSA) is 46.5 Å². The first kappa shape index (κ1) is 14.7. The number of hydrogen-bond donors (Lipinski definition) is 1. The van der Waals surface area contributed by atoms with Gasteiger partial charge in [-0.3, -0.25) is 4.79 Å². The second-order valence-electron chi connectivity index (χ2n) is 4.93. The molecular weight excluding hydrogens is 228 g/mol. The summed E-state index contributed by atoms with van der Waals surface area (Å²) in [5, 5.41) is 8.83. The van der Waals surface area contributed by atoms with Crippen LogP contribution in [0.4, 0.5) is 0 Å². The van der Waals surface area contributed by atoms with Crippen LogP contribution in [0.2, 0.25) is 0 Å². The van der Waals surface area contributed by atoms with Gasteiger partial charge in [0.1, 0.15) is 0 Å². The van der Waals surface area contributed by atoms with Crippen LogP contribution in [0.15, 0.2) is 30.3 Å². The normalized spacial score (nSPS) is 12.6. The zero-order valence-electron chi connectivity index (χ0n) is 11.1. The molecule has 0 fully saturated rings. The lowest BCUT2D eigenvalue weighted by molar-refractivity contribution is -0.138. The largest absolute Gasteiger partial charge is 0.481 e. The van der Waals surface area contributed by atoms with E-state index in [0.717, 1.165) is 12.0 Å². The van der Waals surface area contributed by atoms with Gasteiger partial charge < -0.3 is 9.84 Å². The summed E-state index contributed by atoms with van der Waals surface area (Å²) in [6.07, 6.45) is 1.03. The van der Waals surface area contributed by atoms with Crippen molar-refractivity contribution in [3.05, 3.63) is 35.9 Å². The maximum Gasteiger partial charge on any atom is 0.303 e. The fourth-order valence-electron chi connectivity index (χ4n) is 1.89. The first-order valence-electron chi connectivity index (χ1n) is 6.43. The van der Waals surface area contributed by atoms with Crippen LogP contribution in [0, 0.1) is 11.8 Å². The Kier molecular flexibility index (Phi) is 6.44. The Hall–Kier alpha value is -1.35. The summed E-state index contributed by atoms with van der Waals surface area (Å²) in [5.74, 6) is -0.156. The van der Waals surface area contributed by atoms with Crippen LogP contribution < -0.4 is 0 Å². The second kappa shape index (κ2) is 7.88. The van der Waals surface area contributed by atoms with Crippen molar-refractivity contribution in [2.45, 2.75) is 33.3 Å². The Morgan fingerprint density at radius 1 is 1.28 bits per heavy atom. The molecule has 1 N–H and O–H groups in total. The second-order valence-corrected chi connectivity index (χ2v) is 4.93. The Morgan fingerprint density at radius 3 is 2.50 bits per heavy atom. The minimum atomic E-state index is -0.725. The maximum absolute atomic E-state index is 10.7. The summed E-state index contributed by atoms with van der Waals surface area (Å²) in [4.78, 5) is 10.7. The van der Waals surface area contributed by atoms with Gasteiger partial charge in [-0.2, -0.15) is 0 Å². The number of carbonyl (C=O) groups is 1. The zero-order valence-corrected chi connectivity index (χ0v) is 11.1. The highest BCUT2D eigenvalue weighted by Gasteiger charge is 2.16. The highest BCUT2D eigenvalue weighted by Crippen LogP contribution is 2.19. The third-order valence-corrected chi connectivity index (χ3v) is 3.12. The van der Waals surface area contributed by atoms with Crippen molar-refractivity contribution in [1.29, 1.82) is 0 Å². The third kappa shape index (κ3) is 5.82. The predicted molar refractivity (Wildman–Crippen MR) is 71.3 cm³/mol. The van der Waals surface area contributed by atoms with E-state index in [1.165, 1.54) is 0 Å². The maximum atomic E-state index is 10.7. The molecular formula is C15H22O3. The van der Waals surface area contributed by atoms with Crippen LogP contribution in [0.25, 0.3) is 0 Å². The zero-order chi connectivity index (χ0) is 13.4. The highest BCUT2D eigenvalue weighted by atomic mass is 16.5. The molecule has 0 saturated heterocycles. The number of ether oxygens (including phenoxy) is 1. The molecule has 1 aromatic rings. The monoisotopic (exact) mass is 250 g/mol. The molecule has 0 spiro atoms. The van der Waals surface area contributed by atoms with Gasteiger partial charge in [0.2, 0.25) is 0 Å². The molecule has 0 aliphatic carbocycles. The first-order valence-corrected chi connectivity index (χ1v) is 6.43. The lowest BCUT2D eigenvalue weighted by Crippen LogP contribution is -2.16. The molecule has 0 unspecified atom stereocenters. The Bertz CT molecular complexity index is 346. The summed E-state index contributed by atoms with van der Waals surface area (Å²) in [6.45, 7) is 5.33. The fourth-order valence-corrected chi connectivity index (χ4v) is 1.89. The van der Waals surface area contributed by atoms with Crippen molar-refractivity contribution in [2.75, 3.05) is 6.61 Å². The molecule has 0 aliphatic rings. The van der Waals surface area contributed by atoms with Gasteiger partial charge in [-0.25, -0.2) is 0 Å². The van der Waals surface area contributed by atoms with Crippen LogP contribution in [0.3, 0.4) is 0 Å². The van der Waals surface area contributed by atoms with Crippen molar-refractivity contribution in [3.8, 4) is 0 Å². The van der Waals surface area contributed by atoms with E-state index < -0.39 is 5.97 Å². The molecule has 1 atom stereocenters. The molecule has 3 heteroatoms. The fraction of sp³-hybridized carbons (Fsp3) is 0.533. The molecule has 18 heavy (non-hydrogen) atoms. The van der Waals surface area contributed by atoms with Gasteiger partial charge in [0.25, 0.3) is 0 Å². The molecule has 0 heterocycles. The SMILES string of the molecule is CC(C)[C@H](CCOCc1ccccc1)CC(=O)O. The first-order chi connectivity index (χ1) is 8.59. The smallest absolute Gasteiger partial charge is 0.303 e. The molecule has 0 saturated carbocycles. The Balaban J connectivity index is 2.25. The molecule has 0 aromatic heterocycles. The van der Waals surface area contributed by atoms with Crippen molar-refractivity contribution >= 4 is 5.97 Å².